The molecule has 276 valence electrons. The monoisotopic (exact) mass is 721 g/mol. The van der Waals surface area contributed by atoms with Gasteiger partial charge < -0.3 is 23.9 Å². The first-order valence-corrected chi connectivity index (χ1v) is 18.8. The third-order valence-electron chi connectivity index (χ3n) is 9.20. The second-order valence-corrected chi connectivity index (χ2v) is 15.8. The lowest BCUT2D eigenvalue weighted by Crippen LogP contribution is -2.35. The van der Waals surface area contributed by atoms with Crippen LogP contribution in [0.1, 0.15) is 77.2 Å². The Balaban J connectivity index is 1.69. The molecular weight excluding hydrogens is 669 g/mol. The molecule has 51 heavy (non-hydrogen) atoms. The fourth-order valence-corrected chi connectivity index (χ4v) is 6.83. The maximum absolute atomic E-state index is 12.0. The number of aliphatic carboxylic acids is 1. The SMILES string of the molecule is COCC[N+](CCOC)=c1ccc2c(/C=C/C=C/C=C3/N(CCCCCC(=O)O)c4ccc(S(=O)(=O)O)cc4C3(C)C)cc(C(C)(C)C)oc-2c1. The highest BCUT2D eigenvalue weighted by molar-refractivity contribution is 7.85. The Morgan fingerprint density at radius 1 is 0.961 bits per heavy atom. The first-order valence-electron chi connectivity index (χ1n) is 17.4. The number of hydrogen-bond donors (Lipinski definition) is 2. The van der Waals surface area contributed by atoms with Crippen LogP contribution in [0, 0.1) is 0 Å². The summed E-state index contributed by atoms with van der Waals surface area (Å²) in [5.41, 5.74) is 3.90. The molecular formula is C40H53N2O8S+. The Morgan fingerprint density at radius 3 is 2.29 bits per heavy atom. The van der Waals surface area contributed by atoms with Gasteiger partial charge in [-0.1, -0.05) is 65.3 Å². The van der Waals surface area contributed by atoms with Crippen molar-refractivity contribution in [3.8, 4) is 11.3 Å². The number of hydrogen-bond acceptors (Lipinski definition) is 7. The lowest BCUT2D eigenvalue weighted by Gasteiger charge is -2.27. The van der Waals surface area contributed by atoms with Crippen molar-refractivity contribution < 1.29 is 36.8 Å². The van der Waals surface area contributed by atoms with Gasteiger partial charge in [-0.2, -0.15) is 8.42 Å². The number of nitrogens with zero attached hydrogens (tertiary/aromatic N) is 2. The fourth-order valence-electron chi connectivity index (χ4n) is 6.33. The summed E-state index contributed by atoms with van der Waals surface area (Å²) in [5, 5.41) is 10.1. The van der Waals surface area contributed by atoms with E-state index >= 15 is 0 Å². The normalized spacial score (nSPS) is 15.5. The molecule has 0 aromatic heterocycles. The van der Waals surface area contributed by atoms with Crippen LogP contribution in [0.3, 0.4) is 0 Å². The lowest BCUT2D eigenvalue weighted by atomic mass is 9.83. The molecule has 0 spiro atoms. The van der Waals surface area contributed by atoms with Crippen LogP contribution in [0.15, 0.2) is 81.8 Å². The van der Waals surface area contributed by atoms with E-state index in [0.29, 0.717) is 26.2 Å². The van der Waals surface area contributed by atoms with Gasteiger partial charge in [0.1, 0.15) is 24.7 Å². The van der Waals surface area contributed by atoms with Crippen molar-refractivity contribution >= 4 is 27.9 Å². The van der Waals surface area contributed by atoms with Crippen LogP contribution in [0.25, 0.3) is 17.4 Å². The van der Waals surface area contributed by atoms with Gasteiger partial charge in [0, 0.05) is 61.0 Å². The average molecular weight is 722 g/mol. The Bertz CT molecular complexity index is 1920. The Morgan fingerprint density at radius 2 is 1.67 bits per heavy atom. The third-order valence-corrected chi connectivity index (χ3v) is 10.1. The van der Waals surface area contributed by atoms with E-state index in [1.165, 1.54) is 6.07 Å². The van der Waals surface area contributed by atoms with Crippen LogP contribution in [0.4, 0.5) is 5.69 Å². The summed E-state index contributed by atoms with van der Waals surface area (Å²) in [4.78, 5) is 13.0. The van der Waals surface area contributed by atoms with Gasteiger partial charge in [-0.25, -0.2) is 4.58 Å². The zero-order valence-electron chi connectivity index (χ0n) is 30.9. The maximum atomic E-state index is 12.0. The van der Waals surface area contributed by atoms with Crippen molar-refractivity contribution in [1.82, 2.24) is 4.58 Å². The minimum Gasteiger partial charge on any atom is -0.481 e. The highest BCUT2D eigenvalue weighted by atomic mass is 32.2. The van der Waals surface area contributed by atoms with Crippen LogP contribution in [-0.2, 0) is 35.2 Å². The number of allylic oxidation sites excluding steroid dienone is 5. The largest absolute Gasteiger partial charge is 0.481 e. The van der Waals surface area contributed by atoms with Crippen molar-refractivity contribution in [2.24, 2.45) is 0 Å². The number of methoxy groups -OCH3 is 2. The Kier molecular flexibility index (Phi) is 13.2. The summed E-state index contributed by atoms with van der Waals surface area (Å²) in [6.45, 7) is 13.7. The van der Waals surface area contributed by atoms with E-state index in [1.807, 2.05) is 38.2 Å². The topological polar surface area (TPSA) is 130 Å². The first-order chi connectivity index (χ1) is 24.1. The van der Waals surface area contributed by atoms with Crippen LogP contribution in [0.2, 0.25) is 0 Å². The molecule has 0 saturated heterocycles. The molecule has 1 aliphatic carbocycles. The molecule has 0 atom stereocenters. The molecule has 0 radical (unpaired) electrons. The molecule has 1 aromatic carbocycles. The average Bonchev–Trinajstić information content (AvgIpc) is 3.27. The Hall–Kier alpha value is -4.03. The molecule has 11 heteroatoms. The summed E-state index contributed by atoms with van der Waals surface area (Å²) in [6.07, 6.45) is 12.3. The van der Waals surface area contributed by atoms with Crippen LogP contribution in [-0.4, -0.2) is 71.1 Å². The molecule has 0 fully saturated rings. The molecule has 3 aliphatic rings. The molecule has 0 saturated carbocycles. The molecule has 2 heterocycles. The minimum absolute atomic E-state index is 0.127. The zero-order chi connectivity index (χ0) is 37.4. The van der Waals surface area contributed by atoms with Gasteiger partial charge in [-0.15, -0.1) is 0 Å². The van der Waals surface area contributed by atoms with Crippen molar-refractivity contribution in [2.75, 3.05) is 52.0 Å². The van der Waals surface area contributed by atoms with Gasteiger partial charge in [-0.3, -0.25) is 9.35 Å². The summed E-state index contributed by atoms with van der Waals surface area (Å²) in [7, 11) is -0.977. The summed E-state index contributed by atoms with van der Waals surface area (Å²) in [5.74, 6) is 0.852. The summed E-state index contributed by atoms with van der Waals surface area (Å²) < 4.78 is 53.1. The number of carbonyl (C=O) groups is 1. The fraction of sp³-hybridized carbons (Fsp3) is 0.450. The predicted molar refractivity (Wildman–Crippen MR) is 202 cm³/mol. The highest BCUT2D eigenvalue weighted by Crippen LogP contribution is 2.48. The first kappa shape index (κ1) is 39.8. The zero-order valence-corrected chi connectivity index (χ0v) is 31.8. The van der Waals surface area contributed by atoms with Crippen LogP contribution in [0.5, 0.6) is 0 Å². The molecule has 1 aromatic rings. The minimum atomic E-state index is -4.37. The third kappa shape index (κ3) is 10.1. The second kappa shape index (κ2) is 17.0. The number of carboxylic acid groups (broad SMARTS) is 1. The molecule has 0 bridgehead atoms. The lowest BCUT2D eigenvalue weighted by molar-refractivity contribution is -0.137. The standard InChI is InChI=1S/C40H52N2O8S/c1-39(2,3)37-26-29(32-19-17-30(27-35(32)50-37)41(22-24-48-6)23-25-49-7)14-10-8-11-15-36-40(4,5)33-28-31(51(45,46)47)18-20-34(33)42(36)21-13-9-12-16-38(43)44/h8,10-11,14-15,17-20,26-28H,9,12-13,16,21-25H2,1-7H3,(H-,43,44,45,46,47)/p+1. The Labute approximate surface area is 302 Å². The van der Waals surface area contributed by atoms with E-state index in [9.17, 15) is 17.8 Å². The van der Waals surface area contributed by atoms with Gasteiger partial charge in [0.05, 0.1) is 11.0 Å². The number of fused-ring (bicyclic) bond motifs is 2. The van der Waals surface area contributed by atoms with E-state index in [4.69, 9.17) is 19.0 Å². The van der Waals surface area contributed by atoms with Crippen molar-refractivity contribution in [3.05, 3.63) is 94.7 Å². The number of anilines is 1. The van der Waals surface area contributed by atoms with Gasteiger partial charge in [0.25, 0.3) is 10.1 Å². The van der Waals surface area contributed by atoms with E-state index in [-0.39, 0.29) is 16.7 Å². The number of unbranched alkanes of at least 4 members (excludes halogenated alkanes) is 2. The van der Waals surface area contributed by atoms with Gasteiger partial charge in [0.2, 0.25) is 5.36 Å². The molecule has 4 rings (SSSR count). The molecule has 2 aliphatic heterocycles. The highest BCUT2D eigenvalue weighted by Gasteiger charge is 2.40. The van der Waals surface area contributed by atoms with E-state index < -0.39 is 21.5 Å². The number of carboxylic acids is 1. The quantitative estimate of drug-likeness (QED) is 0.0703. The second-order valence-electron chi connectivity index (χ2n) is 14.4. The molecule has 0 unspecified atom stereocenters. The predicted octanol–water partition coefficient (Wildman–Crippen LogP) is 6.89. The van der Waals surface area contributed by atoms with Gasteiger partial charge in [-0.05, 0) is 60.4 Å². The van der Waals surface area contributed by atoms with Crippen molar-refractivity contribution in [3.63, 3.8) is 0 Å². The van der Waals surface area contributed by atoms with Crippen molar-refractivity contribution in [2.45, 2.75) is 76.0 Å². The maximum Gasteiger partial charge on any atom is 0.303 e. The summed E-state index contributed by atoms with van der Waals surface area (Å²) in [6, 6.07) is 13.1. The molecule has 10 nitrogen and oxygen atoms in total. The summed E-state index contributed by atoms with van der Waals surface area (Å²) >= 11 is 0. The van der Waals surface area contributed by atoms with Crippen molar-refractivity contribution in [1.29, 1.82) is 0 Å². The number of ether oxygens (including phenoxy) is 2. The number of benzene rings is 2. The van der Waals surface area contributed by atoms with E-state index in [2.05, 4.69) is 60.6 Å². The molecule has 0 amide bonds. The van der Waals surface area contributed by atoms with E-state index in [0.717, 1.165) is 70.9 Å². The van der Waals surface area contributed by atoms with Gasteiger partial charge in [0.15, 0.2) is 13.1 Å². The van der Waals surface area contributed by atoms with E-state index in [1.54, 1.807) is 26.4 Å². The van der Waals surface area contributed by atoms with Crippen LogP contribution >= 0.6 is 0 Å². The van der Waals surface area contributed by atoms with Gasteiger partial charge >= 0.3 is 5.97 Å². The number of rotatable bonds is 16. The van der Waals surface area contributed by atoms with Crippen LogP contribution < -0.4 is 14.8 Å². The molecule has 2 N–H and O–H groups in total. The smallest absolute Gasteiger partial charge is 0.303 e.